The Morgan fingerprint density at radius 1 is 1.29 bits per heavy atom. The Kier molecular flexibility index (Phi) is 2.82. The zero-order valence-electron chi connectivity index (χ0n) is 9.20. The Bertz CT molecular complexity index is 193. The summed E-state index contributed by atoms with van der Waals surface area (Å²) in [5.41, 5.74) is 0.0246. The number of aliphatic hydroxyl groups excluding tert-OH is 1. The number of rotatable bonds is 3. The van der Waals surface area contributed by atoms with Crippen LogP contribution >= 0.6 is 0 Å². The number of morpholine rings is 1. The number of nitrogens with zero attached hydrogens (tertiary/aromatic N) is 1. The van der Waals surface area contributed by atoms with Crippen molar-refractivity contribution >= 4 is 0 Å². The zero-order chi connectivity index (χ0) is 10.2. The SMILES string of the molecule is CC(C)(CO)CN1CC2CCC(C1)O2. The fourth-order valence-electron chi connectivity index (χ4n) is 2.48. The summed E-state index contributed by atoms with van der Waals surface area (Å²) in [5.74, 6) is 0. The van der Waals surface area contributed by atoms with Gasteiger partial charge in [-0.1, -0.05) is 13.8 Å². The van der Waals surface area contributed by atoms with Crippen molar-refractivity contribution in [3.63, 3.8) is 0 Å². The summed E-state index contributed by atoms with van der Waals surface area (Å²) in [5, 5.41) is 9.21. The van der Waals surface area contributed by atoms with E-state index in [1.54, 1.807) is 0 Å². The van der Waals surface area contributed by atoms with Gasteiger partial charge in [-0.15, -0.1) is 0 Å². The highest BCUT2D eigenvalue weighted by molar-refractivity contribution is 4.86. The molecule has 2 atom stereocenters. The van der Waals surface area contributed by atoms with E-state index in [2.05, 4.69) is 18.7 Å². The quantitative estimate of drug-likeness (QED) is 0.732. The van der Waals surface area contributed by atoms with Gasteiger partial charge in [0.05, 0.1) is 12.2 Å². The molecule has 2 saturated heterocycles. The van der Waals surface area contributed by atoms with Gasteiger partial charge in [-0.05, 0) is 12.8 Å². The van der Waals surface area contributed by atoms with E-state index in [4.69, 9.17) is 4.74 Å². The van der Waals surface area contributed by atoms with Crippen molar-refractivity contribution in [2.75, 3.05) is 26.2 Å². The van der Waals surface area contributed by atoms with Gasteiger partial charge >= 0.3 is 0 Å². The number of hydrogen-bond donors (Lipinski definition) is 1. The molecule has 2 rings (SSSR count). The van der Waals surface area contributed by atoms with Crippen LogP contribution in [0.5, 0.6) is 0 Å². The van der Waals surface area contributed by atoms with Gasteiger partial charge in [0.15, 0.2) is 0 Å². The van der Waals surface area contributed by atoms with Crippen molar-refractivity contribution in [2.24, 2.45) is 5.41 Å². The van der Waals surface area contributed by atoms with E-state index in [0.29, 0.717) is 12.2 Å². The first-order valence-electron chi connectivity index (χ1n) is 5.58. The normalized spacial score (nSPS) is 33.6. The summed E-state index contributed by atoms with van der Waals surface area (Å²) in [4.78, 5) is 2.45. The van der Waals surface area contributed by atoms with E-state index >= 15 is 0 Å². The smallest absolute Gasteiger partial charge is 0.0707 e. The van der Waals surface area contributed by atoms with Crippen LogP contribution in [-0.4, -0.2) is 48.5 Å². The number of likely N-dealkylation sites (tertiary alicyclic amines) is 1. The molecule has 0 aromatic heterocycles. The van der Waals surface area contributed by atoms with Crippen molar-refractivity contribution in [1.82, 2.24) is 4.90 Å². The molecule has 0 aliphatic carbocycles. The van der Waals surface area contributed by atoms with E-state index in [0.717, 1.165) is 19.6 Å². The van der Waals surface area contributed by atoms with E-state index < -0.39 is 0 Å². The van der Waals surface area contributed by atoms with Crippen LogP contribution in [0.15, 0.2) is 0 Å². The van der Waals surface area contributed by atoms with Crippen LogP contribution < -0.4 is 0 Å². The zero-order valence-corrected chi connectivity index (χ0v) is 9.20. The maximum absolute atomic E-state index is 9.21. The van der Waals surface area contributed by atoms with Crippen LogP contribution in [0.2, 0.25) is 0 Å². The lowest BCUT2D eigenvalue weighted by Gasteiger charge is -2.36. The van der Waals surface area contributed by atoms with Gasteiger partial charge in [-0.2, -0.15) is 0 Å². The van der Waals surface area contributed by atoms with Crippen LogP contribution in [0.1, 0.15) is 26.7 Å². The summed E-state index contributed by atoms with van der Waals surface area (Å²) in [6, 6.07) is 0. The van der Waals surface area contributed by atoms with Gasteiger partial charge in [-0.25, -0.2) is 0 Å². The Labute approximate surface area is 86.0 Å². The molecule has 0 saturated carbocycles. The van der Waals surface area contributed by atoms with E-state index in [9.17, 15) is 5.11 Å². The molecule has 2 fully saturated rings. The lowest BCUT2D eigenvalue weighted by molar-refractivity contribution is -0.0519. The number of aliphatic hydroxyl groups is 1. The van der Waals surface area contributed by atoms with Crippen molar-refractivity contribution in [3.05, 3.63) is 0 Å². The molecular formula is C11H21NO2. The molecule has 2 aliphatic heterocycles. The molecule has 3 nitrogen and oxygen atoms in total. The Morgan fingerprint density at radius 3 is 2.36 bits per heavy atom. The minimum absolute atomic E-state index is 0.0246. The number of ether oxygens (including phenoxy) is 1. The standard InChI is InChI=1S/C11H21NO2/c1-11(2,8-13)7-12-5-9-3-4-10(6-12)14-9/h9-10,13H,3-8H2,1-2H3. The highest BCUT2D eigenvalue weighted by Crippen LogP contribution is 2.28. The van der Waals surface area contributed by atoms with Crippen molar-refractivity contribution in [2.45, 2.75) is 38.9 Å². The molecule has 2 bridgehead atoms. The van der Waals surface area contributed by atoms with Gasteiger partial charge in [0.2, 0.25) is 0 Å². The molecule has 0 amide bonds. The van der Waals surface area contributed by atoms with E-state index in [1.807, 2.05) is 0 Å². The fraction of sp³-hybridized carbons (Fsp3) is 1.00. The molecule has 2 aliphatic rings. The summed E-state index contributed by atoms with van der Waals surface area (Å²) in [6.07, 6.45) is 3.37. The average Bonchev–Trinajstić information content (AvgIpc) is 2.45. The topological polar surface area (TPSA) is 32.7 Å². The molecule has 14 heavy (non-hydrogen) atoms. The van der Waals surface area contributed by atoms with Crippen LogP contribution in [0.25, 0.3) is 0 Å². The second-order valence-electron chi connectivity index (χ2n) is 5.47. The lowest BCUT2D eigenvalue weighted by atomic mass is 9.94. The molecule has 0 spiro atoms. The van der Waals surface area contributed by atoms with Crippen LogP contribution in [0.4, 0.5) is 0 Å². The van der Waals surface area contributed by atoms with Crippen molar-refractivity contribution < 1.29 is 9.84 Å². The molecule has 82 valence electrons. The molecule has 0 aromatic carbocycles. The molecule has 2 unspecified atom stereocenters. The van der Waals surface area contributed by atoms with Gasteiger partial charge < -0.3 is 9.84 Å². The predicted octanol–water partition coefficient (Wildman–Crippen LogP) is 0.868. The van der Waals surface area contributed by atoms with Crippen LogP contribution in [0.3, 0.4) is 0 Å². The molecule has 3 heteroatoms. The number of hydrogen-bond acceptors (Lipinski definition) is 3. The van der Waals surface area contributed by atoms with Crippen LogP contribution in [0, 0.1) is 5.41 Å². The molecule has 0 radical (unpaired) electrons. The van der Waals surface area contributed by atoms with Gasteiger partial charge in [0.1, 0.15) is 0 Å². The third-order valence-electron chi connectivity index (χ3n) is 3.20. The predicted molar refractivity (Wildman–Crippen MR) is 55.2 cm³/mol. The maximum atomic E-state index is 9.21. The molecule has 1 N–H and O–H groups in total. The summed E-state index contributed by atoms with van der Waals surface area (Å²) < 4.78 is 5.77. The Morgan fingerprint density at radius 2 is 1.86 bits per heavy atom. The summed E-state index contributed by atoms with van der Waals surface area (Å²) in [7, 11) is 0. The average molecular weight is 199 g/mol. The van der Waals surface area contributed by atoms with Gasteiger partial charge in [0.25, 0.3) is 0 Å². The van der Waals surface area contributed by atoms with Gasteiger partial charge in [0, 0.05) is 31.7 Å². The molecule has 2 heterocycles. The minimum atomic E-state index is 0.0246. The largest absolute Gasteiger partial charge is 0.396 e. The highest BCUT2D eigenvalue weighted by atomic mass is 16.5. The monoisotopic (exact) mass is 199 g/mol. The summed E-state index contributed by atoms with van der Waals surface area (Å²) >= 11 is 0. The minimum Gasteiger partial charge on any atom is -0.396 e. The molecule has 0 aromatic rings. The van der Waals surface area contributed by atoms with Gasteiger partial charge in [-0.3, -0.25) is 4.90 Å². The lowest BCUT2D eigenvalue weighted by Crippen LogP contribution is -2.47. The second kappa shape index (κ2) is 3.80. The van der Waals surface area contributed by atoms with Crippen LogP contribution in [-0.2, 0) is 4.74 Å². The Balaban J connectivity index is 1.88. The van der Waals surface area contributed by atoms with Crippen molar-refractivity contribution in [1.29, 1.82) is 0 Å². The molecular weight excluding hydrogens is 178 g/mol. The fourth-order valence-corrected chi connectivity index (χ4v) is 2.48. The number of fused-ring (bicyclic) bond motifs is 2. The first kappa shape index (κ1) is 10.4. The maximum Gasteiger partial charge on any atom is 0.0707 e. The van der Waals surface area contributed by atoms with Crippen molar-refractivity contribution in [3.8, 4) is 0 Å². The van der Waals surface area contributed by atoms with E-state index in [-0.39, 0.29) is 12.0 Å². The second-order valence-corrected chi connectivity index (χ2v) is 5.47. The third-order valence-corrected chi connectivity index (χ3v) is 3.20. The highest BCUT2D eigenvalue weighted by Gasteiger charge is 2.35. The summed E-state index contributed by atoms with van der Waals surface area (Å²) in [6.45, 7) is 7.59. The Hall–Kier alpha value is -0.120. The third kappa shape index (κ3) is 2.27. The first-order valence-corrected chi connectivity index (χ1v) is 5.58. The van der Waals surface area contributed by atoms with E-state index in [1.165, 1.54) is 12.8 Å². The first-order chi connectivity index (χ1) is 6.59.